The van der Waals surface area contributed by atoms with E-state index in [0.29, 0.717) is 40.4 Å². The topological polar surface area (TPSA) is 96.7 Å². The summed E-state index contributed by atoms with van der Waals surface area (Å²) in [5.41, 5.74) is 2.60. The van der Waals surface area contributed by atoms with Gasteiger partial charge in [0.1, 0.15) is 5.76 Å². The van der Waals surface area contributed by atoms with Gasteiger partial charge in [-0.1, -0.05) is 17.2 Å². The molecule has 3 rings (SSSR count). The monoisotopic (exact) mass is 362 g/mol. The normalized spacial score (nSPS) is 11.6. The van der Waals surface area contributed by atoms with Crippen LogP contribution in [0.15, 0.2) is 21.8 Å². The van der Waals surface area contributed by atoms with E-state index in [4.69, 9.17) is 9.73 Å². The van der Waals surface area contributed by atoms with Crippen molar-refractivity contribution in [3.8, 4) is 22.7 Å². The Labute approximate surface area is 147 Å². The van der Waals surface area contributed by atoms with Crippen molar-refractivity contribution in [2.24, 2.45) is 5.16 Å². The van der Waals surface area contributed by atoms with E-state index in [1.165, 1.54) is 10.9 Å². The predicted octanol–water partition coefficient (Wildman–Crippen LogP) is 3.50. The fourth-order valence-corrected chi connectivity index (χ4v) is 2.85. The molecule has 0 atom stereocenters. The van der Waals surface area contributed by atoms with Gasteiger partial charge >= 0.3 is 0 Å². The molecule has 0 spiro atoms. The summed E-state index contributed by atoms with van der Waals surface area (Å²) in [6.07, 6.45) is 1.68. The molecule has 0 amide bonds. The van der Waals surface area contributed by atoms with Crippen molar-refractivity contribution in [2.75, 3.05) is 0 Å². The third kappa shape index (κ3) is 2.71. The number of hydrogen-bond acceptors (Lipinski definition) is 6. The van der Waals surface area contributed by atoms with Crippen LogP contribution in [0, 0.1) is 25.5 Å². The molecule has 0 aliphatic carbocycles. The van der Waals surface area contributed by atoms with Crippen molar-refractivity contribution in [3.05, 3.63) is 46.5 Å². The molecule has 136 valence electrons. The number of aromatic nitrogens is 3. The van der Waals surface area contributed by atoms with E-state index in [1.807, 2.05) is 6.92 Å². The zero-order chi connectivity index (χ0) is 19.0. The molecule has 3 aromatic rings. The van der Waals surface area contributed by atoms with Crippen LogP contribution in [0.1, 0.15) is 29.6 Å². The van der Waals surface area contributed by atoms with Crippen LogP contribution in [0.2, 0.25) is 0 Å². The van der Waals surface area contributed by atoms with Gasteiger partial charge in [0.05, 0.1) is 34.5 Å². The molecular formula is C17H16F2N4O3. The highest BCUT2D eigenvalue weighted by Crippen LogP contribution is 2.34. The van der Waals surface area contributed by atoms with Crippen LogP contribution in [0.4, 0.5) is 8.78 Å². The Morgan fingerprint density at radius 2 is 1.92 bits per heavy atom. The Balaban J connectivity index is 2.40. The van der Waals surface area contributed by atoms with Gasteiger partial charge in [-0.2, -0.15) is 5.10 Å². The first-order valence-electron chi connectivity index (χ1n) is 7.79. The highest BCUT2D eigenvalue weighted by atomic mass is 19.1. The molecule has 0 unspecified atom stereocenters. The minimum Gasteiger partial charge on any atom is -0.503 e. The van der Waals surface area contributed by atoms with E-state index in [0.717, 1.165) is 12.1 Å². The molecular weight excluding hydrogens is 346 g/mol. The maximum absolute atomic E-state index is 13.9. The summed E-state index contributed by atoms with van der Waals surface area (Å²) in [7, 11) is 0. The van der Waals surface area contributed by atoms with Gasteiger partial charge in [0, 0.05) is 17.7 Å². The molecule has 0 fully saturated rings. The number of aromatic hydroxyl groups is 1. The van der Waals surface area contributed by atoms with E-state index in [-0.39, 0.29) is 5.69 Å². The SMILES string of the molecule is CCc1nn(-c2cc(F)c(O)c(F)c2)c(-c2c(C)noc2C)c1C=NO. The van der Waals surface area contributed by atoms with E-state index in [2.05, 4.69) is 15.4 Å². The van der Waals surface area contributed by atoms with Crippen LogP contribution in [0.25, 0.3) is 16.9 Å². The van der Waals surface area contributed by atoms with Crippen LogP contribution in [-0.4, -0.2) is 31.5 Å². The molecule has 26 heavy (non-hydrogen) atoms. The van der Waals surface area contributed by atoms with Crippen LogP contribution in [-0.2, 0) is 6.42 Å². The van der Waals surface area contributed by atoms with Crippen molar-refractivity contribution in [1.29, 1.82) is 0 Å². The van der Waals surface area contributed by atoms with Crippen molar-refractivity contribution in [3.63, 3.8) is 0 Å². The molecule has 9 heteroatoms. The highest BCUT2D eigenvalue weighted by molar-refractivity contribution is 5.91. The predicted molar refractivity (Wildman–Crippen MR) is 88.9 cm³/mol. The van der Waals surface area contributed by atoms with Gasteiger partial charge in [-0.25, -0.2) is 13.5 Å². The zero-order valence-corrected chi connectivity index (χ0v) is 14.3. The number of benzene rings is 1. The van der Waals surface area contributed by atoms with Crippen LogP contribution >= 0.6 is 0 Å². The Morgan fingerprint density at radius 1 is 1.27 bits per heavy atom. The van der Waals surface area contributed by atoms with E-state index < -0.39 is 17.4 Å². The Bertz CT molecular complexity index is 965. The lowest BCUT2D eigenvalue weighted by Crippen LogP contribution is -2.03. The number of oxime groups is 1. The average molecular weight is 362 g/mol. The quantitative estimate of drug-likeness (QED) is 0.421. The standard InChI is InChI=1S/C17H16F2N4O3/c1-4-14-11(7-20-25)16(15-8(2)22-26-9(15)3)23(21-14)10-5-12(18)17(24)13(19)6-10/h5-7,24-25H,4H2,1-3H3. The Morgan fingerprint density at radius 3 is 2.42 bits per heavy atom. The van der Waals surface area contributed by atoms with E-state index >= 15 is 0 Å². The molecule has 0 saturated heterocycles. The van der Waals surface area contributed by atoms with E-state index in [1.54, 1.807) is 13.8 Å². The lowest BCUT2D eigenvalue weighted by molar-refractivity contribution is 0.322. The molecule has 0 aliphatic heterocycles. The van der Waals surface area contributed by atoms with Crippen molar-refractivity contribution >= 4 is 6.21 Å². The van der Waals surface area contributed by atoms with Crippen LogP contribution in [0.3, 0.4) is 0 Å². The number of hydrogen-bond donors (Lipinski definition) is 2. The third-order valence-corrected chi connectivity index (χ3v) is 4.04. The Kier molecular flexibility index (Phi) is 4.45. The molecule has 2 heterocycles. The molecule has 0 radical (unpaired) electrons. The fourth-order valence-electron chi connectivity index (χ4n) is 2.85. The first kappa shape index (κ1) is 17.6. The van der Waals surface area contributed by atoms with Crippen molar-refractivity contribution < 1.29 is 23.6 Å². The number of halogens is 2. The smallest absolute Gasteiger partial charge is 0.187 e. The summed E-state index contributed by atoms with van der Waals surface area (Å²) >= 11 is 0. The molecule has 7 nitrogen and oxygen atoms in total. The third-order valence-electron chi connectivity index (χ3n) is 4.04. The minimum absolute atomic E-state index is 0.0556. The van der Waals surface area contributed by atoms with Gasteiger partial charge in [-0.05, 0) is 20.3 Å². The summed E-state index contributed by atoms with van der Waals surface area (Å²) in [5, 5.41) is 29.8. The summed E-state index contributed by atoms with van der Waals surface area (Å²) < 4.78 is 34.2. The van der Waals surface area contributed by atoms with Gasteiger partial charge in [0.2, 0.25) is 0 Å². The lowest BCUT2D eigenvalue weighted by Gasteiger charge is -2.09. The molecule has 1 aromatic carbocycles. The summed E-state index contributed by atoms with van der Waals surface area (Å²) in [5.74, 6) is -2.82. The first-order chi connectivity index (χ1) is 12.4. The number of phenols is 1. The summed E-state index contributed by atoms with van der Waals surface area (Å²) in [6.45, 7) is 5.25. The second-order valence-electron chi connectivity index (χ2n) is 5.68. The minimum atomic E-state index is -1.12. The second-order valence-corrected chi connectivity index (χ2v) is 5.68. The highest BCUT2D eigenvalue weighted by Gasteiger charge is 2.25. The van der Waals surface area contributed by atoms with E-state index in [9.17, 15) is 13.9 Å². The fraction of sp³-hybridized carbons (Fsp3) is 0.235. The van der Waals surface area contributed by atoms with Gasteiger partial charge < -0.3 is 14.8 Å². The molecule has 0 bridgehead atoms. The van der Waals surface area contributed by atoms with Gasteiger partial charge in [0.25, 0.3) is 0 Å². The zero-order valence-electron chi connectivity index (χ0n) is 14.3. The van der Waals surface area contributed by atoms with Crippen molar-refractivity contribution in [2.45, 2.75) is 27.2 Å². The number of phenolic OH excluding ortho intramolecular Hbond substituents is 1. The number of rotatable bonds is 4. The molecule has 2 N–H and O–H groups in total. The van der Waals surface area contributed by atoms with Gasteiger partial charge in [-0.15, -0.1) is 0 Å². The Hall–Kier alpha value is -3.23. The maximum atomic E-state index is 13.9. The van der Waals surface area contributed by atoms with Gasteiger partial charge in [0.15, 0.2) is 17.4 Å². The lowest BCUT2D eigenvalue weighted by atomic mass is 10.0. The average Bonchev–Trinajstić information content (AvgIpc) is 3.12. The summed E-state index contributed by atoms with van der Waals surface area (Å²) in [4.78, 5) is 0. The first-order valence-corrected chi connectivity index (χ1v) is 7.79. The summed E-state index contributed by atoms with van der Waals surface area (Å²) in [6, 6.07) is 1.93. The van der Waals surface area contributed by atoms with Gasteiger partial charge in [-0.3, -0.25) is 0 Å². The van der Waals surface area contributed by atoms with Crippen LogP contribution in [0.5, 0.6) is 5.75 Å². The molecule has 2 aromatic heterocycles. The number of nitrogens with zero attached hydrogens (tertiary/aromatic N) is 4. The molecule has 0 saturated carbocycles. The second kappa shape index (κ2) is 6.58. The van der Waals surface area contributed by atoms with Crippen LogP contribution < -0.4 is 0 Å². The maximum Gasteiger partial charge on any atom is 0.187 e. The van der Waals surface area contributed by atoms with Crippen molar-refractivity contribution in [1.82, 2.24) is 14.9 Å². The number of aryl methyl sites for hydroxylation is 3. The molecule has 0 aliphatic rings. The largest absolute Gasteiger partial charge is 0.503 e.